The van der Waals surface area contributed by atoms with Crippen LogP contribution in [-0.2, 0) is 11.3 Å². The van der Waals surface area contributed by atoms with Gasteiger partial charge in [-0.05, 0) is 19.1 Å². The molecule has 0 aliphatic rings. The quantitative estimate of drug-likeness (QED) is 0.672. The van der Waals surface area contributed by atoms with E-state index in [1.54, 1.807) is 0 Å². The number of ether oxygens (including phenoxy) is 1. The van der Waals surface area contributed by atoms with Crippen molar-refractivity contribution in [2.24, 2.45) is 0 Å². The van der Waals surface area contributed by atoms with Gasteiger partial charge in [-0.3, -0.25) is 0 Å². The molecule has 0 spiro atoms. The standard InChI is InChI=1S/C17H16N2O2S/c1-2-21-17(20)15-14(12-19-10-6-7-11-19)18-16(22-15)13-8-4-3-5-9-13/h3-11H,2,12H2,1H3. The summed E-state index contributed by atoms with van der Waals surface area (Å²) in [5.41, 5.74) is 1.76. The summed E-state index contributed by atoms with van der Waals surface area (Å²) in [6, 6.07) is 13.8. The lowest BCUT2D eigenvalue weighted by Gasteiger charge is -2.03. The molecule has 2 aromatic heterocycles. The van der Waals surface area contributed by atoms with Crippen molar-refractivity contribution < 1.29 is 9.53 Å². The number of carbonyl (C=O) groups is 1. The summed E-state index contributed by atoms with van der Waals surface area (Å²) in [4.78, 5) is 17.4. The van der Waals surface area contributed by atoms with Gasteiger partial charge in [0, 0.05) is 18.0 Å². The van der Waals surface area contributed by atoms with Crippen molar-refractivity contribution in [2.75, 3.05) is 6.61 Å². The molecule has 0 aliphatic heterocycles. The number of hydrogen-bond donors (Lipinski definition) is 0. The van der Waals surface area contributed by atoms with Gasteiger partial charge >= 0.3 is 5.97 Å². The monoisotopic (exact) mass is 312 g/mol. The summed E-state index contributed by atoms with van der Waals surface area (Å²) >= 11 is 1.38. The minimum Gasteiger partial charge on any atom is -0.462 e. The van der Waals surface area contributed by atoms with Gasteiger partial charge in [-0.25, -0.2) is 9.78 Å². The number of hydrogen-bond acceptors (Lipinski definition) is 4. The zero-order chi connectivity index (χ0) is 15.4. The second-order valence-electron chi connectivity index (χ2n) is 4.74. The molecule has 3 rings (SSSR count). The van der Waals surface area contributed by atoms with Crippen molar-refractivity contribution in [3.8, 4) is 10.6 Å². The maximum absolute atomic E-state index is 12.2. The van der Waals surface area contributed by atoms with E-state index in [2.05, 4.69) is 4.98 Å². The van der Waals surface area contributed by atoms with E-state index in [4.69, 9.17) is 4.74 Å². The second kappa shape index (κ2) is 6.58. The highest BCUT2D eigenvalue weighted by Gasteiger charge is 2.20. The normalized spacial score (nSPS) is 10.6. The Morgan fingerprint density at radius 3 is 2.59 bits per heavy atom. The van der Waals surface area contributed by atoms with E-state index in [0.717, 1.165) is 16.3 Å². The van der Waals surface area contributed by atoms with E-state index < -0.39 is 0 Å². The summed E-state index contributed by atoms with van der Waals surface area (Å²) in [6.45, 7) is 2.73. The Labute approximate surface area is 133 Å². The third kappa shape index (κ3) is 3.09. The van der Waals surface area contributed by atoms with Crippen LogP contribution in [0.5, 0.6) is 0 Å². The minimum absolute atomic E-state index is 0.302. The highest BCUT2D eigenvalue weighted by atomic mass is 32.1. The Balaban J connectivity index is 1.98. The van der Waals surface area contributed by atoms with E-state index in [-0.39, 0.29) is 5.97 Å². The molecule has 0 fully saturated rings. The third-order valence-corrected chi connectivity index (χ3v) is 4.30. The van der Waals surface area contributed by atoms with E-state index in [1.165, 1.54) is 11.3 Å². The Kier molecular flexibility index (Phi) is 4.34. The average Bonchev–Trinajstić information content (AvgIpc) is 3.19. The third-order valence-electron chi connectivity index (χ3n) is 3.18. The van der Waals surface area contributed by atoms with Crippen molar-refractivity contribution in [1.82, 2.24) is 9.55 Å². The van der Waals surface area contributed by atoms with Gasteiger partial charge in [0.05, 0.1) is 18.8 Å². The Morgan fingerprint density at radius 1 is 1.18 bits per heavy atom. The molecule has 0 saturated heterocycles. The van der Waals surface area contributed by atoms with Crippen LogP contribution in [0.2, 0.25) is 0 Å². The fraction of sp³-hybridized carbons (Fsp3) is 0.176. The number of nitrogens with zero attached hydrogens (tertiary/aromatic N) is 2. The van der Waals surface area contributed by atoms with Crippen LogP contribution in [0.25, 0.3) is 10.6 Å². The molecule has 1 aromatic carbocycles. The Bertz CT molecular complexity index is 748. The summed E-state index contributed by atoms with van der Waals surface area (Å²) < 4.78 is 7.15. The van der Waals surface area contributed by atoms with Gasteiger partial charge in [-0.2, -0.15) is 0 Å². The van der Waals surface area contributed by atoms with Crippen LogP contribution < -0.4 is 0 Å². The fourth-order valence-corrected chi connectivity index (χ4v) is 3.14. The molecule has 22 heavy (non-hydrogen) atoms. The molecule has 3 aromatic rings. The minimum atomic E-state index is -0.302. The Hall–Kier alpha value is -2.40. The number of benzene rings is 1. The first-order chi connectivity index (χ1) is 10.8. The number of esters is 1. The fourth-order valence-electron chi connectivity index (χ4n) is 2.17. The topological polar surface area (TPSA) is 44.1 Å². The molecule has 0 unspecified atom stereocenters. The van der Waals surface area contributed by atoms with Gasteiger partial charge in [0.25, 0.3) is 0 Å². The molecular weight excluding hydrogens is 296 g/mol. The molecule has 112 valence electrons. The Morgan fingerprint density at radius 2 is 1.91 bits per heavy atom. The van der Waals surface area contributed by atoms with E-state index >= 15 is 0 Å². The number of aromatic nitrogens is 2. The van der Waals surface area contributed by atoms with Gasteiger partial charge in [0.15, 0.2) is 0 Å². The highest BCUT2D eigenvalue weighted by Crippen LogP contribution is 2.29. The molecule has 0 amide bonds. The van der Waals surface area contributed by atoms with Crippen LogP contribution in [0.15, 0.2) is 54.9 Å². The molecule has 5 heteroatoms. The average molecular weight is 312 g/mol. The molecule has 0 aliphatic carbocycles. The summed E-state index contributed by atoms with van der Waals surface area (Å²) in [7, 11) is 0. The van der Waals surface area contributed by atoms with E-state index in [1.807, 2.05) is 66.3 Å². The van der Waals surface area contributed by atoms with Gasteiger partial charge in [-0.15, -0.1) is 11.3 Å². The van der Waals surface area contributed by atoms with Crippen LogP contribution >= 0.6 is 11.3 Å². The zero-order valence-corrected chi connectivity index (χ0v) is 13.0. The first kappa shape index (κ1) is 14.5. The van der Waals surface area contributed by atoms with Crippen molar-refractivity contribution in [2.45, 2.75) is 13.5 Å². The molecule has 0 atom stereocenters. The van der Waals surface area contributed by atoms with E-state index in [0.29, 0.717) is 18.0 Å². The van der Waals surface area contributed by atoms with Gasteiger partial charge in [-0.1, -0.05) is 30.3 Å². The lowest BCUT2D eigenvalue weighted by molar-refractivity contribution is 0.0530. The molecule has 0 saturated carbocycles. The van der Waals surface area contributed by atoms with Crippen LogP contribution in [0.3, 0.4) is 0 Å². The predicted octanol–water partition coefficient (Wildman–Crippen LogP) is 3.84. The molecule has 0 bridgehead atoms. The van der Waals surface area contributed by atoms with Crippen LogP contribution in [0.4, 0.5) is 0 Å². The van der Waals surface area contributed by atoms with Gasteiger partial charge in [0.1, 0.15) is 9.88 Å². The van der Waals surface area contributed by atoms with Crippen LogP contribution in [0.1, 0.15) is 22.3 Å². The molecular formula is C17H16N2O2S. The lowest BCUT2D eigenvalue weighted by atomic mass is 10.2. The summed E-state index contributed by atoms with van der Waals surface area (Å²) in [6.07, 6.45) is 3.91. The lowest BCUT2D eigenvalue weighted by Crippen LogP contribution is -2.08. The number of thiazole rings is 1. The zero-order valence-electron chi connectivity index (χ0n) is 12.2. The number of rotatable bonds is 5. The summed E-state index contributed by atoms with van der Waals surface area (Å²) in [5.74, 6) is -0.302. The maximum Gasteiger partial charge on any atom is 0.350 e. The van der Waals surface area contributed by atoms with Crippen LogP contribution in [0, 0.1) is 0 Å². The SMILES string of the molecule is CCOC(=O)c1sc(-c2ccccc2)nc1Cn1cccc1. The maximum atomic E-state index is 12.2. The molecule has 2 heterocycles. The largest absolute Gasteiger partial charge is 0.462 e. The second-order valence-corrected chi connectivity index (χ2v) is 5.74. The van der Waals surface area contributed by atoms with Gasteiger partial charge < -0.3 is 9.30 Å². The molecule has 4 nitrogen and oxygen atoms in total. The summed E-state index contributed by atoms with van der Waals surface area (Å²) in [5, 5.41) is 0.839. The van der Waals surface area contributed by atoms with Crippen molar-refractivity contribution in [3.05, 3.63) is 65.4 Å². The highest BCUT2D eigenvalue weighted by molar-refractivity contribution is 7.17. The molecule has 0 N–H and O–H groups in total. The van der Waals surface area contributed by atoms with Crippen molar-refractivity contribution in [1.29, 1.82) is 0 Å². The van der Waals surface area contributed by atoms with Crippen LogP contribution in [-0.4, -0.2) is 22.1 Å². The van der Waals surface area contributed by atoms with E-state index in [9.17, 15) is 4.79 Å². The number of carbonyl (C=O) groups excluding carboxylic acids is 1. The van der Waals surface area contributed by atoms with Crippen molar-refractivity contribution >= 4 is 17.3 Å². The first-order valence-corrected chi connectivity index (χ1v) is 7.92. The van der Waals surface area contributed by atoms with Crippen molar-refractivity contribution in [3.63, 3.8) is 0 Å². The predicted molar refractivity (Wildman–Crippen MR) is 87.0 cm³/mol. The first-order valence-electron chi connectivity index (χ1n) is 7.11. The van der Waals surface area contributed by atoms with Gasteiger partial charge in [0.2, 0.25) is 0 Å². The molecule has 0 radical (unpaired) electrons. The smallest absolute Gasteiger partial charge is 0.350 e.